The Morgan fingerprint density at radius 2 is 2.28 bits per heavy atom. The number of piperidine rings is 1. The molecule has 2 rings (SSSR count). The number of carbonyl (C=O) groups is 3. The standard InChI is InChI=1S/C11H17N3O4/c1-14-8(15)3-2-7(9(14)16)13-10(17)11(12)4-5-18-6-11/h7H,2-6,12H2,1H3,(H,13,17). The van der Waals surface area contributed by atoms with E-state index in [1.54, 1.807) is 0 Å². The van der Waals surface area contributed by atoms with Crippen LogP contribution in [-0.2, 0) is 19.1 Å². The number of ether oxygens (including phenoxy) is 1. The normalized spacial score (nSPS) is 32.8. The summed E-state index contributed by atoms with van der Waals surface area (Å²) in [6.45, 7) is 0.607. The summed E-state index contributed by atoms with van der Waals surface area (Å²) < 4.78 is 5.10. The maximum absolute atomic E-state index is 12.0. The second-order valence-electron chi connectivity index (χ2n) is 4.81. The molecule has 2 heterocycles. The molecule has 0 saturated carbocycles. The van der Waals surface area contributed by atoms with Crippen LogP contribution in [0.1, 0.15) is 19.3 Å². The third kappa shape index (κ3) is 2.23. The highest BCUT2D eigenvalue weighted by Gasteiger charge is 2.41. The van der Waals surface area contributed by atoms with Gasteiger partial charge in [-0.15, -0.1) is 0 Å². The highest BCUT2D eigenvalue weighted by Crippen LogP contribution is 2.17. The van der Waals surface area contributed by atoms with E-state index in [0.717, 1.165) is 4.90 Å². The molecular formula is C11H17N3O4. The zero-order chi connectivity index (χ0) is 13.3. The molecule has 2 fully saturated rings. The molecule has 0 aromatic heterocycles. The van der Waals surface area contributed by atoms with Gasteiger partial charge < -0.3 is 15.8 Å². The summed E-state index contributed by atoms with van der Waals surface area (Å²) >= 11 is 0. The average Bonchev–Trinajstić information content (AvgIpc) is 2.78. The molecule has 0 aromatic carbocycles. The summed E-state index contributed by atoms with van der Waals surface area (Å²) in [4.78, 5) is 36.2. The van der Waals surface area contributed by atoms with Crippen LogP contribution in [0, 0.1) is 0 Å². The Balaban J connectivity index is 1.99. The predicted molar refractivity (Wildman–Crippen MR) is 61.3 cm³/mol. The fourth-order valence-electron chi connectivity index (χ4n) is 2.11. The number of nitrogens with two attached hydrogens (primary N) is 1. The van der Waals surface area contributed by atoms with Gasteiger partial charge >= 0.3 is 0 Å². The van der Waals surface area contributed by atoms with Crippen LogP contribution >= 0.6 is 0 Å². The van der Waals surface area contributed by atoms with Crippen LogP contribution in [0.5, 0.6) is 0 Å². The van der Waals surface area contributed by atoms with Crippen LogP contribution in [-0.4, -0.2) is 54.5 Å². The number of hydrogen-bond donors (Lipinski definition) is 2. The van der Waals surface area contributed by atoms with Gasteiger partial charge in [-0.25, -0.2) is 0 Å². The number of imide groups is 1. The van der Waals surface area contributed by atoms with Gasteiger partial charge in [-0.05, 0) is 12.8 Å². The van der Waals surface area contributed by atoms with Crippen LogP contribution in [0.4, 0.5) is 0 Å². The summed E-state index contributed by atoms with van der Waals surface area (Å²) in [5.74, 6) is -1.000. The lowest BCUT2D eigenvalue weighted by Crippen LogP contribution is -2.60. The molecule has 0 spiro atoms. The van der Waals surface area contributed by atoms with Gasteiger partial charge in [0.1, 0.15) is 11.6 Å². The van der Waals surface area contributed by atoms with E-state index in [-0.39, 0.29) is 30.7 Å². The van der Waals surface area contributed by atoms with E-state index in [1.165, 1.54) is 7.05 Å². The molecule has 7 nitrogen and oxygen atoms in total. The summed E-state index contributed by atoms with van der Waals surface area (Å²) in [6.07, 6.45) is 1.01. The molecule has 7 heteroatoms. The van der Waals surface area contributed by atoms with Crippen molar-refractivity contribution < 1.29 is 19.1 Å². The average molecular weight is 255 g/mol. The van der Waals surface area contributed by atoms with E-state index in [4.69, 9.17) is 10.5 Å². The van der Waals surface area contributed by atoms with Gasteiger partial charge in [0.05, 0.1) is 6.61 Å². The first kappa shape index (κ1) is 13.0. The highest BCUT2D eigenvalue weighted by molar-refractivity contribution is 6.02. The van der Waals surface area contributed by atoms with Crippen molar-refractivity contribution in [1.82, 2.24) is 10.2 Å². The SMILES string of the molecule is CN1C(=O)CCC(NC(=O)C2(N)CCOC2)C1=O. The number of likely N-dealkylation sites (tertiary alicyclic amines) is 1. The van der Waals surface area contributed by atoms with E-state index < -0.39 is 11.6 Å². The van der Waals surface area contributed by atoms with Crippen LogP contribution in [0.25, 0.3) is 0 Å². The number of carbonyl (C=O) groups excluding carboxylic acids is 3. The molecular weight excluding hydrogens is 238 g/mol. The van der Waals surface area contributed by atoms with Gasteiger partial charge in [-0.3, -0.25) is 19.3 Å². The molecule has 18 heavy (non-hydrogen) atoms. The zero-order valence-electron chi connectivity index (χ0n) is 10.3. The minimum Gasteiger partial charge on any atom is -0.379 e. The Morgan fingerprint density at radius 3 is 2.89 bits per heavy atom. The van der Waals surface area contributed by atoms with Crippen molar-refractivity contribution in [3.63, 3.8) is 0 Å². The molecule has 2 aliphatic heterocycles. The van der Waals surface area contributed by atoms with E-state index in [0.29, 0.717) is 19.4 Å². The molecule has 0 bridgehead atoms. The summed E-state index contributed by atoms with van der Waals surface area (Å²) in [7, 11) is 1.42. The predicted octanol–water partition coefficient (Wildman–Crippen LogP) is -1.63. The van der Waals surface area contributed by atoms with Gasteiger partial charge in [0.2, 0.25) is 11.8 Å². The van der Waals surface area contributed by atoms with E-state index in [1.807, 2.05) is 0 Å². The van der Waals surface area contributed by atoms with Gasteiger partial charge in [-0.1, -0.05) is 0 Å². The summed E-state index contributed by atoms with van der Waals surface area (Å²) in [5, 5.41) is 2.61. The quantitative estimate of drug-likeness (QED) is 0.577. The van der Waals surface area contributed by atoms with E-state index >= 15 is 0 Å². The Bertz CT molecular complexity index is 390. The van der Waals surface area contributed by atoms with Gasteiger partial charge in [0.15, 0.2) is 0 Å². The number of rotatable bonds is 2. The van der Waals surface area contributed by atoms with Crippen molar-refractivity contribution >= 4 is 17.7 Å². The van der Waals surface area contributed by atoms with Crippen molar-refractivity contribution in [1.29, 1.82) is 0 Å². The van der Waals surface area contributed by atoms with E-state index in [2.05, 4.69) is 5.32 Å². The Morgan fingerprint density at radius 1 is 1.56 bits per heavy atom. The van der Waals surface area contributed by atoms with Crippen LogP contribution in [0.2, 0.25) is 0 Å². The first-order valence-corrected chi connectivity index (χ1v) is 5.92. The zero-order valence-corrected chi connectivity index (χ0v) is 10.3. The third-order valence-corrected chi connectivity index (χ3v) is 3.46. The van der Waals surface area contributed by atoms with Crippen molar-refractivity contribution in [3.05, 3.63) is 0 Å². The van der Waals surface area contributed by atoms with Crippen molar-refractivity contribution in [2.45, 2.75) is 30.8 Å². The lowest BCUT2D eigenvalue weighted by Gasteiger charge is -2.30. The Labute approximate surface area is 105 Å². The molecule has 2 aliphatic rings. The smallest absolute Gasteiger partial charge is 0.251 e. The van der Waals surface area contributed by atoms with Gasteiger partial charge in [0, 0.05) is 20.1 Å². The molecule has 0 aromatic rings. The fourth-order valence-corrected chi connectivity index (χ4v) is 2.11. The largest absolute Gasteiger partial charge is 0.379 e. The lowest BCUT2D eigenvalue weighted by molar-refractivity contribution is -0.149. The molecule has 0 radical (unpaired) electrons. The maximum Gasteiger partial charge on any atom is 0.251 e. The number of hydrogen-bond acceptors (Lipinski definition) is 5. The summed E-state index contributed by atoms with van der Waals surface area (Å²) in [5.41, 5.74) is 4.84. The molecule has 3 amide bonds. The van der Waals surface area contributed by atoms with Crippen LogP contribution < -0.4 is 11.1 Å². The monoisotopic (exact) mass is 255 g/mol. The second kappa shape index (κ2) is 4.66. The first-order chi connectivity index (χ1) is 8.44. The topological polar surface area (TPSA) is 102 Å². The minimum absolute atomic E-state index is 0.161. The lowest BCUT2D eigenvalue weighted by atomic mass is 9.97. The molecule has 2 atom stereocenters. The Hall–Kier alpha value is -1.47. The van der Waals surface area contributed by atoms with Crippen LogP contribution in [0.3, 0.4) is 0 Å². The van der Waals surface area contributed by atoms with Crippen molar-refractivity contribution in [2.75, 3.05) is 20.3 Å². The number of amides is 3. The first-order valence-electron chi connectivity index (χ1n) is 5.92. The number of nitrogens with one attached hydrogen (secondary N) is 1. The fraction of sp³-hybridized carbons (Fsp3) is 0.727. The van der Waals surface area contributed by atoms with Crippen molar-refractivity contribution in [3.8, 4) is 0 Å². The van der Waals surface area contributed by atoms with Crippen LogP contribution in [0.15, 0.2) is 0 Å². The number of likely N-dealkylation sites (N-methyl/N-ethyl adjacent to an activating group) is 1. The highest BCUT2D eigenvalue weighted by atomic mass is 16.5. The van der Waals surface area contributed by atoms with E-state index in [9.17, 15) is 14.4 Å². The molecule has 3 N–H and O–H groups in total. The summed E-state index contributed by atoms with van der Waals surface area (Å²) in [6, 6.07) is -0.666. The van der Waals surface area contributed by atoms with Gasteiger partial charge in [-0.2, -0.15) is 0 Å². The second-order valence-corrected chi connectivity index (χ2v) is 4.81. The molecule has 2 unspecified atom stereocenters. The molecule has 2 saturated heterocycles. The minimum atomic E-state index is -1.06. The van der Waals surface area contributed by atoms with Gasteiger partial charge in [0.25, 0.3) is 5.91 Å². The van der Waals surface area contributed by atoms with Crippen molar-refractivity contribution in [2.24, 2.45) is 5.73 Å². The Kier molecular flexibility index (Phi) is 3.36. The molecule has 0 aliphatic carbocycles. The molecule has 100 valence electrons. The number of nitrogens with zero attached hydrogens (tertiary/aromatic N) is 1. The maximum atomic E-state index is 12.0. The third-order valence-electron chi connectivity index (χ3n) is 3.46.